The topological polar surface area (TPSA) is 9.23 Å². The lowest BCUT2D eigenvalue weighted by atomic mass is 9.80. The Labute approximate surface area is 139 Å². The molecule has 0 aromatic rings. The van der Waals surface area contributed by atoms with Gasteiger partial charge in [-0.3, -0.25) is 0 Å². The third kappa shape index (κ3) is 6.60. The van der Waals surface area contributed by atoms with E-state index in [1.54, 1.807) is 0 Å². The third-order valence-electron chi connectivity index (χ3n) is 6.24. The predicted molar refractivity (Wildman–Crippen MR) is 96.2 cm³/mol. The van der Waals surface area contributed by atoms with E-state index in [4.69, 9.17) is 4.74 Å². The zero-order valence-electron chi connectivity index (χ0n) is 15.3. The second kappa shape index (κ2) is 10.7. The minimum atomic E-state index is 0.593. The number of hydrogen-bond acceptors (Lipinski definition) is 1. The van der Waals surface area contributed by atoms with Crippen molar-refractivity contribution in [1.82, 2.24) is 0 Å². The number of ether oxygens (including phenoxy) is 1. The highest BCUT2D eigenvalue weighted by Crippen LogP contribution is 2.34. The Morgan fingerprint density at radius 3 is 1.86 bits per heavy atom. The summed E-state index contributed by atoms with van der Waals surface area (Å²) >= 11 is 0. The second-order valence-electron chi connectivity index (χ2n) is 8.15. The molecule has 0 saturated heterocycles. The Kier molecular flexibility index (Phi) is 8.89. The van der Waals surface area contributed by atoms with Crippen LogP contribution in [-0.2, 0) is 4.74 Å². The first-order valence-electron chi connectivity index (χ1n) is 10.4. The highest BCUT2D eigenvalue weighted by atomic mass is 16.5. The lowest BCUT2D eigenvalue weighted by Crippen LogP contribution is -2.26. The zero-order chi connectivity index (χ0) is 15.6. The van der Waals surface area contributed by atoms with E-state index in [9.17, 15) is 0 Å². The SMILES string of the molecule is CCCCCC1CCC(OCC2CCC(CCC)CC2)CC1. The maximum Gasteiger partial charge on any atom is 0.0575 e. The first-order valence-corrected chi connectivity index (χ1v) is 10.4. The van der Waals surface area contributed by atoms with E-state index < -0.39 is 0 Å². The predicted octanol–water partition coefficient (Wildman–Crippen LogP) is 6.75. The molecule has 0 N–H and O–H groups in total. The van der Waals surface area contributed by atoms with Crippen LogP contribution in [-0.4, -0.2) is 12.7 Å². The van der Waals surface area contributed by atoms with Gasteiger partial charge in [0.25, 0.3) is 0 Å². The van der Waals surface area contributed by atoms with Crippen molar-refractivity contribution >= 4 is 0 Å². The summed E-state index contributed by atoms with van der Waals surface area (Å²) in [5.74, 6) is 2.91. The van der Waals surface area contributed by atoms with Crippen LogP contribution in [0.4, 0.5) is 0 Å². The molecule has 130 valence electrons. The first-order chi connectivity index (χ1) is 10.8. The van der Waals surface area contributed by atoms with E-state index in [0.29, 0.717) is 6.10 Å². The number of hydrogen-bond donors (Lipinski definition) is 0. The Morgan fingerprint density at radius 2 is 1.23 bits per heavy atom. The normalized spacial score (nSPS) is 33.0. The number of rotatable bonds is 9. The van der Waals surface area contributed by atoms with Crippen LogP contribution in [0.25, 0.3) is 0 Å². The van der Waals surface area contributed by atoms with E-state index in [0.717, 1.165) is 24.4 Å². The molecule has 0 radical (unpaired) electrons. The summed E-state index contributed by atoms with van der Waals surface area (Å²) in [6.07, 6.45) is 20.4. The van der Waals surface area contributed by atoms with E-state index in [2.05, 4.69) is 13.8 Å². The van der Waals surface area contributed by atoms with Crippen LogP contribution in [0, 0.1) is 17.8 Å². The summed E-state index contributed by atoms with van der Waals surface area (Å²) in [5, 5.41) is 0. The van der Waals surface area contributed by atoms with Gasteiger partial charge < -0.3 is 4.74 Å². The Bertz CT molecular complexity index is 259. The van der Waals surface area contributed by atoms with Gasteiger partial charge in [0.15, 0.2) is 0 Å². The molecule has 2 fully saturated rings. The lowest BCUT2D eigenvalue weighted by molar-refractivity contribution is -0.0104. The molecule has 2 rings (SSSR count). The molecule has 0 aromatic carbocycles. The average molecular weight is 309 g/mol. The molecule has 0 unspecified atom stereocenters. The van der Waals surface area contributed by atoms with Gasteiger partial charge in [-0.15, -0.1) is 0 Å². The molecule has 0 aliphatic heterocycles. The monoisotopic (exact) mass is 308 g/mol. The molecule has 2 saturated carbocycles. The smallest absolute Gasteiger partial charge is 0.0575 e. The highest BCUT2D eigenvalue weighted by Gasteiger charge is 2.24. The fourth-order valence-electron chi connectivity index (χ4n) is 4.64. The van der Waals surface area contributed by atoms with Crippen LogP contribution in [0.5, 0.6) is 0 Å². The molecule has 0 atom stereocenters. The molecule has 0 spiro atoms. The van der Waals surface area contributed by atoms with Crippen LogP contribution in [0.1, 0.15) is 104 Å². The molecule has 0 amide bonds. The van der Waals surface area contributed by atoms with Gasteiger partial charge in [-0.05, 0) is 56.3 Å². The van der Waals surface area contributed by atoms with Gasteiger partial charge in [-0.2, -0.15) is 0 Å². The summed E-state index contributed by atoms with van der Waals surface area (Å²) in [5.41, 5.74) is 0. The molecule has 0 aromatic heterocycles. The van der Waals surface area contributed by atoms with Gasteiger partial charge >= 0.3 is 0 Å². The summed E-state index contributed by atoms with van der Waals surface area (Å²) < 4.78 is 6.29. The van der Waals surface area contributed by atoms with Gasteiger partial charge in [0.2, 0.25) is 0 Å². The van der Waals surface area contributed by atoms with Crippen LogP contribution in [0.3, 0.4) is 0 Å². The first kappa shape index (κ1) is 18.3. The fraction of sp³-hybridized carbons (Fsp3) is 1.00. The van der Waals surface area contributed by atoms with Crippen molar-refractivity contribution in [2.75, 3.05) is 6.61 Å². The van der Waals surface area contributed by atoms with Crippen molar-refractivity contribution in [3.05, 3.63) is 0 Å². The lowest BCUT2D eigenvalue weighted by Gasteiger charge is -2.32. The largest absolute Gasteiger partial charge is 0.378 e. The maximum absolute atomic E-state index is 6.29. The molecule has 1 nitrogen and oxygen atoms in total. The van der Waals surface area contributed by atoms with Crippen molar-refractivity contribution < 1.29 is 4.74 Å². The van der Waals surface area contributed by atoms with Crippen molar-refractivity contribution in [3.63, 3.8) is 0 Å². The molecule has 22 heavy (non-hydrogen) atoms. The van der Waals surface area contributed by atoms with Crippen LogP contribution < -0.4 is 0 Å². The van der Waals surface area contributed by atoms with E-state index >= 15 is 0 Å². The van der Waals surface area contributed by atoms with Gasteiger partial charge in [0, 0.05) is 6.61 Å². The number of unbranched alkanes of at least 4 members (excludes halogenated alkanes) is 2. The molecule has 2 aliphatic carbocycles. The Morgan fingerprint density at radius 1 is 0.636 bits per heavy atom. The van der Waals surface area contributed by atoms with E-state index in [1.165, 1.54) is 89.9 Å². The summed E-state index contributed by atoms with van der Waals surface area (Å²) in [6, 6.07) is 0. The second-order valence-corrected chi connectivity index (χ2v) is 8.15. The molecular weight excluding hydrogens is 268 g/mol. The molecule has 0 bridgehead atoms. The van der Waals surface area contributed by atoms with Crippen molar-refractivity contribution in [1.29, 1.82) is 0 Å². The summed E-state index contributed by atoms with van der Waals surface area (Å²) in [4.78, 5) is 0. The summed E-state index contributed by atoms with van der Waals surface area (Å²) in [7, 11) is 0. The third-order valence-corrected chi connectivity index (χ3v) is 6.24. The van der Waals surface area contributed by atoms with Crippen molar-refractivity contribution in [2.45, 2.75) is 110 Å². The van der Waals surface area contributed by atoms with Crippen LogP contribution in [0.2, 0.25) is 0 Å². The van der Waals surface area contributed by atoms with Crippen molar-refractivity contribution in [2.24, 2.45) is 17.8 Å². The van der Waals surface area contributed by atoms with Gasteiger partial charge in [0.05, 0.1) is 6.10 Å². The van der Waals surface area contributed by atoms with Gasteiger partial charge in [-0.25, -0.2) is 0 Å². The molecule has 1 heteroatoms. The molecule has 0 heterocycles. The zero-order valence-corrected chi connectivity index (χ0v) is 15.3. The molecule has 2 aliphatic rings. The van der Waals surface area contributed by atoms with E-state index in [1.807, 2.05) is 0 Å². The quantitative estimate of drug-likeness (QED) is 0.428. The maximum atomic E-state index is 6.29. The average Bonchev–Trinajstić information content (AvgIpc) is 2.56. The summed E-state index contributed by atoms with van der Waals surface area (Å²) in [6.45, 7) is 5.69. The minimum absolute atomic E-state index is 0.593. The van der Waals surface area contributed by atoms with Crippen LogP contribution in [0.15, 0.2) is 0 Å². The van der Waals surface area contributed by atoms with Gasteiger partial charge in [-0.1, -0.05) is 65.2 Å². The standard InChI is InChI=1S/C21H40O/c1-3-5-6-8-19-13-15-21(16-14-19)22-17-20-11-9-18(7-4-2)10-12-20/h18-21H,3-17H2,1-2H3. The fourth-order valence-corrected chi connectivity index (χ4v) is 4.64. The molecular formula is C21H40O. The van der Waals surface area contributed by atoms with Gasteiger partial charge in [0.1, 0.15) is 0 Å². The van der Waals surface area contributed by atoms with Crippen molar-refractivity contribution in [3.8, 4) is 0 Å². The van der Waals surface area contributed by atoms with E-state index in [-0.39, 0.29) is 0 Å². The minimum Gasteiger partial charge on any atom is -0.378 e. The van der Waals surface area contributed by atoms with Crippen LogP contribution >= 0.6 is 0 Å². The Hall–Kier alpha value is -0.0400. The Balaban J connectivity index is 1.52. The highest BCUT2D eigenvalue weighted by molar-refractivity contribution is 4.75.